The summed E-state index contributed by atoms with van der Waals surface area (Å²) < 4.78 is 5.38. The fourth-order valence-corrected chi connectivity index (χ4v) is 2.73. The molecule has 2 rings (SSSR count). The van der Waals surface area contributed by atoms with Crippen molar-refractivity contribution < 1.29 is 4.74 Å². The second kappa shape index (κ2) is 7.73. The van der Waals surface area contributed by atoms with Gasteiger partial charge in [-0.3, -0.25) is 4.90 Å². The predicted octanol–water partition coefficient (Wildman–Crippen LogP) is 2.47. The summed E-state index contributed by atoms with van der Waals surface area (Å²) in [6, 6.07) is 6.53. The minimum Gasteiger partial charge on any atom is -0.496 e. The maximum Gasteiger partial charge on any atom is 0.122 e. The van der Waals surface area contributed by atoms with Crippen molar-refractivity contribution in [2.75, 3.05) is 33.8 Å². The fraction of sp³-hybridized carbons (Fsp3) is 0.600. The van der Waals surface area contributed by atoms with Crippen LogP contribution in [0.25, 0.3) is 0 Å². The van der Waals surface area contributed by atoms with Gasteiger partial charge in [-0.2, -0.15) is 0 Å². The van der Waals surface area contributed by atoms with Gasteiger partial charge in [-0.25, -0.2) is 0 Å². The van der Waals surface area contributed by atoms with Gasteiger partial charge in [0.1, 0.15) is 5.75 Å². The lowest BCUT2D eigenvalue weighted by Crippen LogP contribution is -2.24. The van der Waals surface area contributed by atoms with Gasteiger partial charge in [0, 0.05) is 13.1 Å². The lowest BCUT2D eigenvalue weighted by Gasteiger charge is -2.17. The smallest absolute Gasteiger partial charge is 0.122 e. The minimum atomic E-state index is 0. The first-order valence-electron chi connectivity index (χ1n) is 6.73. The zero-order valence-corrected chi connectivity index (χ0v) is 12.9. The largest absolute Gasteiger partial charge is 0.496 e. The van der Waals surface area contributed by atoms with Crippen molar-refractivity contribution in [1.82, 2.24) is 10.2 Å². The molecule has 3 nitrogen and oxygen atoms in total. The van der Waals surface area contributed by atoms with Crippen molar-refractivity contribution in [3.8, 4) is 5.75 Å². The molecule has 1 saturated heterocycles. The normalized spacial score (nSPS) is 19.2. The van der Waals surface area contributed by atoms with E-state index in [1.54, 1.807) is 7.11 Å². The van der Waals surface area contributed by atoms with E-state index in [4.69, 9.17) is 4.74 Å². The monoisotopic (exact) mass is 284 g/mol. The molecule has 1 unspecified atom stereocenters. The zero-order chi connectivity index (χ0) is 13.0. The van der Waals surface area contributed by atoms with E-state index in [9.17, 15) is 0 Å². The number of nitrogens with zero attached hydrogens (tertiary/aromatic N) is 1. The van der Waals surface area contributed by atoms with Gasteiger partial charge in [0.2, 0.25) is 0 Å². The van der Waals surface area contributed by atoms with Crippen LogP contribution >= 0.6 is 12.4 Å². The molecule has 0 bridgehead atoms. The molecule has 19 heavy (non-hydrogen) atoms. The molecular weight excluding hydrogens is 260 g/mol. The standard InChI is InChI=1S/C15H24N2O.ClH/c1-12-4-5-13(8-15(12)18-3)10-17-7-6-14(11-17)9-16-2;/h4-5,8,14,16H,6-7,9-11H2,1-3H3;1H. The highest BCUT2D eigenvalue weighted by Crippen LogP contribution is 2.22. The quantitative estimate of drug-likeness (QED) is 0.899. The molecular formula is C15H25ClN2O. The summed E-state index contributed by atoms with van der Waals surface area (Å²) in [6.07, 6.45) is 1.31. The van der Waals surface area contributed by atoms with Crippen LogP contribution in [0.4, 0.5) is 0 Å². The second-order valence-electron chi connectivity index (χ2n) is 5.25. The first-order chi connectivity index (χ1) is 8.72. The molecule has 1 aliphatic heterocycles. The van der Waals surface area contributed by atoms with Gasteiger partial charge in [0.25, 0.3) is 0 Å². The Morgan fingerprint density at radius 3 is 2.89 bits per heavy atom. The van der Waals surface area contributed by atoms with Gasteiger partial charge in [0.15, 0.2) is 0 Å². The van der Waals surface area contributed by atoms with Gasteiger partial charge < -0.3 is 10.1 Å². The summed E-state index contributed by atoms with van der Waals surface area (Å²) in [5.41, 5.74) is 2.55. The Kier molecular flexibility index (Phi) is 6.63. The summed E-state index contributed by atoms with van der Waals surface area (Å²) in [6.45, 7) is 6.67. The Hall–Kier alpha value is -0.770. The van der Waals surface area contributed by atoms with Gasteiger partial charge in [0.05, 0.1) is 7.11 Å². The molecule has 0 aliphatic carbocycles. The molecule has 4 heteroatoms. The number of aryl methyl sites for hydroxylation is 1. The molecule has 1 aliphatic rings. The van der Waals surface area contributed by atoms with Gasteiger partial charge in [-0.15, -0.1) is 12.4 Å². The average molecular weight is 285 g/mol. The molecule has 0 amide bonds. The summed E-state index contributed by atoms with van der Waals surface area (Å²) >= 11 is 0. The van der Waals surface area contributed by atoms with Crippen LogP contribution in [0.2, 0.25) is 0 Å². The van der Waals surface area contributed by atoms with E-state index >= 15 is 0 Å². The molecule has 1 heterocycles. The zero-order valence-electron chi connectivity index (χ0n) is 12.1. The van der Waals surface area contributed by atoms with Crippen LogP contribution in [-0.2, 0) is 6.54 Å². The van der Waals surface area contributed by atoms with E-state index in [0.717, 1.165) is 24.8 Å². The summed E-state index contributed by atoms with van der Waals surface area (Å²) in [4.78, 5) is 2.53. The Labute approximate surface area is 122 Å². The number of likely N-dealkylation sites (tertiary alicyclic amines) is 1. The van der Waals surface area contributed by atoms with Crippen LogP contribution in [0.1, 0.15) is 17.5 Å². The first-order valence-corrected chi connectivity index (χ1v) is 6.73. The number of halogens is 1. The van der Waals surface area contributed by atoms with E-state index < -0.39 is 0 Å². The van der Waals surface area contributed by atoms with Crippen molar-refractivity contribution in [1.29, 1.82) is 0 Å². The Balaban J connectivity index is 0.00000180. The SMILES string of the molecule is CNCC1CCN(Cc2ccc(C)c(OC)c2)C1.Cl. The highest BCUT2D eigenvalue weighted by molar-refractivity contribution is 5.85. The molecule has 1 aromatic carbocycles. The number of benzene rings is 1. The van der Waals surface area contributed by atoms with Crippen LogP contribution in [0.3, 0.4) is 0 Å². The van der Waals surface area contributed by atoms with E-state index in [1.165, 1.54) is 30.6 Å². The third-order valence-corrected chi connectivity index (χ3v) is 3.74. The third-order valence-electron chi connectivity index (χ3n) is 3.74. The molecule has 0 spiro atoms. The van der Waals surface area contributed by atoms with Crippen molar-refractivity contribution in [3.63, 3.8) is 0 Å². The van der Waals surface area contributed by atoms with Crippen molar-refractivity contribution in [2.45, 2.75) is 19.9 Å². The molecule has 1 N–H and O–H groups in total. The molecule has 0 radical (unpaired) electrons. The molecule has 1 fully saturated rings. The Bertz CT molecular complexity index is 398. The Morgan fingerprint density at radius 1 is 1.42 bits per heavy atom. The minimum absolute atomic E-state index is 0. The molecule has 0 saturated carbocycles. The van der Waals surface area contributed by atoms with E-state index in [2.05, 4.69) is 35.3 Å². The van der Waals surface area contributed by atoms with E-state index in [-0.39, 0.29) is 12.4 Å². The topological polar surface area (TPSA) is 24.5 Å². The van der Waals surface area contributed by atoms with E-state index in [0.29, 0.717) is 0 Å². The lowest BCUT2D eigenvalue weighted by molar-refractivity contribution is 0.314. The van der Waals surface area contributed by atoms with Crippen molar-refractivity contribution in [2.24, 2.45) is 5.92 Å². The predicted molar refractivity (Wildman–Crippen MR) is 82.3 cm³/mol. The number of methoxy groups -OCH3 is 1. The van der Waals surface area contributed by atoms with Gasteiger partial charge >= 0.3 is 0 Å². The average Bonchev–Trinajstić information content (AvgIpc) is 2.80. The van der Waals surface area contributed by atoms with Gasteiger partial charge in [-0.1, -0.05) is 12.1 Å². The first kappa shape index (κ1) is 16.3. The van der Waals surface area contributed by atoms with Crippen LogP contribution in [-0.4, -0.2) is 38.7 Å². The number of hydrogen-bond acceptors (Lipinski definition) is 3. The van der Waals surface area contributed by atoms with E-state index in [1.807, 2.05) is 7.05 Å². The van der Waals surface area contributed by atoms with Crippen molar-refractivity contribution >= 4 is 12.4 Å². The van der Waals surface area contributed by atoms with Crippen LogP contribution in [0.5, 0.6) is 5.75 Å². The Morgan fingerprint density at radius 2 is 2.21 bits per heavy atom. The maximum atomic E-state index is 5.38. The molecule has 0 aromatic heterocycles. The summed E-state index contributed by atoms with van der Waals surface area (Å²) in [5, 5.41) is 3.27. The molecule has 108 valence electrons. The van der Waals surface area contributed by atoms with Crippen LogP contribution < -0.4 is 10.1 Å². The molecule has 1 atom stereocenters. The second-order valence-corrected chi connectivity index (χ2v) is 5.25. The third kappa shape index (κ3) is 4.37. The highest BCUT2D eigenvalue weighted by atomic mass is 35.5. The fourth-order valence-electron chi connectivity index (χ4n) is 2.73. The summed E-state index contributed by atoms with van der Waals surface area (Å²) in [5.74, 6) is 1.81. The number of nitrogens with one attached hydrogen (secondary N) is 1. The van der Waals surface area contributed by atoms with Crippen LogP contribution in [0, 0.1) is 12.8 Å². The van der Waals surface area contributed by atoms with Crippen LogP contribution in [0.15, 0.2) is 18.2 Å². The van der Waals surface area contributed by atoms with Crippen molar-refractivity contribution in [3.05, 3.63) is 29.3 Å². The maximum absolute atomic E-state index is 5.38. The number of rotatable bonds is 5. The highest BCUT2D eigenvalue weighted by Gasteiger charge is 2.21. The lowest BCUT2D eigenvalue weighted by atomic mass is 10.1. The summed E-state index contributed by atoms with van der Waals surface area (Å²) in [7, 11) is 3.78. The van der Waals surface area contributed by atoms with Gasteiger partial charge in [-0.05, 0) is 56.6 Å². The number of ether oxygens (including phenoxy) is 1. The number of hydrogen-bond donors (Lipinski definition) is 1. The molecule has 1 aromatic rings.